The number of thiophene rings is 1. The van der Waals surface area contributed by atoms with Gasteiger partial charge in [0.05, 0.1) is 5.69 Å². The number of anilines is 2. The van der Waals surface area contributed by atoms with Gasteiger partial charge in [0.15, 0.2) is 0 Å². The lowest BCUT2D eigenvalue weighted by atomic mass is 10.2. The smallest absolute Gasteiger partial charge is 0.263 e. The molecule has 0 unspecified atom stereocenters. The molecule has 0 aliphatic carbocycles. The van der Waals surface area contributed by atoms with Crippen molar-refractivity contribution in [1.29, 1.82) is 5.26 Å². The third kappa shape index (κ3) is 2.57. The Labute approximate surface area is 122 Å². The molecule has 1 aromatic heterocycles. The molecule has 0 saturated carbocycles. The molecule has 1 aromatic rings. The first kappa shape index (κ1) is 14.6. The van der Waals surface area contributed by atoms with Crippen LogP contribution in [-0.4, -0.2) is 50.6 Å². The van der Waals surface area contributed by atoms with E-state index < -0.39 is 0 Å². The van der Waals surface area contributed by atoms with Crippen molar-refractivity contribution >= 4 is 27.9 Å². The van der Waals surface area contributed by atoms with Crippen molar-refractivity contribution in [2.45, 2.75) is 6.92 Å². The third-order valence-corrected chi connectivity index (χ3v) is 4.84. The summed E-state index contributed by atoms with van der Waals surface area (Å²) in [6.07, 6.45) is 0. The molecular formula is C13H19N5OS. The van der Waals surface area contributed by atoms with E-state index >= 15 is 0 Å². The number of nitrogen functional groups attached to an aromatic ring is 1. The fourth-order valence-corrected chi connectivity index (χ4v) is 3.48. The topological polar surface area (TPSA) is 85.4 Å². The standard InChI is InChI=1S/C13H19N5OS/c1-3-17-4-6-18(7-5-17)13-9(8-14)10(15)11(20-13)12(19)16-2/h3-7,15H2,1-2H3,(H,16,19). The molecule has 1 aliphatic rings. The molecule has 2 heterocycles. The summed E-state index contributed by atoms with van der Waals surface area (Å²) in [6.45, 7) is 6.83. The summed E-state index contributed by atoms with van der Waals surface area (Å²) in [7, 11) is 1.56. The van der Waals surface area contributed by atoms with Gasteiger partial charge in [-0.1, -0.05) is 6.92 Å². The zero-order valence-electron chi connectivity index (χ0n) is 11.8. The van der Waals surface area contributed by atoms with E-state index in [-0.39, 0.29) is 5.91 Å². The number of rotatable bonds is 3. The van der Waals surface area contributed by atoms with Gasteiger partial charge in [-0.3, -0.25) is 4.79 Å². The zero-order valence-corrected chi connectivity index (χ0v) is 12.6. The van der Waals surface area contributed by atoms with Gasteiger partial charge in [-0.05, 0) is 6.54 Å². The molecule has 1 aliphatic heterocycles. The maximum atomic E-state index is 11.8. The highest BCUT2D eigenvalue weighted by Gasteiger charge is 2.26. The summed E-state index contributed by atoms with van der Waals surface area (Å²) in [4.78, 5) is 16.7. The summed E-state index contributed by atoms with van der Waals surface area (Å²) in [5.74, 6) is -0.234. The average Bonchev–Trinajstić information content (AvgIpc) is 2.83. The monoisotopic (exact) mass is 293 g/mol. The van der Waals surface area contributed by atoms with Crippen molar-refractivity contribution in [3.05, 3.63) is 10.4 Å². The zero-order chi connectivity index (χ0) is 14.7. The molecule has 1 amide bonds. The molecule has 0 spiro atoms. The second-order valence-electron chi connectivity index (χ2n) is 4.64. The van der Waals surface area contributed by atoms with Crippen molar-refractivity contribution in [2.24, 2.45) is 0 Å². The van der Waals surface area contributed by atoms with Crippen LogP contribution in [0.4, 0.5) is 10.7 Å². The third-order valence-electron chi connectivity index (χ3n) is 3.58. The van der Waals surface area contributed by atoms with Crippen LogP contribution >= 0.6 is 11.3 Å². The Hall–Kier alpha value is -1.78. The van der Waals surface area contributed by atoms with Gasteiger partial charge in [0.1, 0.15) is 21.5 Å². The van der Waals surface area contributed by atoms with E-state index in [0.29, 0.717) is 16.1 Å². The number of nitrogens with zero attached hydrogens (tertiary/aromatic N) is 3. The SMILES string of the molecule is CCN1CCN(c2sc(C(=O)NC)c(N)c2C#N)CC1. The van der Waals surface area contributed by atoms with Gasteiger partial charge in [-0.2, -0.15) is 5.26 Å². The van der Waals surface area contributed by atoms with Crippen molar-refractivity contribution in [3.63, 3.8) is 0 Å². The maximum Gasteiger partial charge on any atom is 0.263 e. The van der Waals surface area contributed by atoms with Gasteiger partial charge < -0.3 is 20.9 Å². The lowest BCUT2D eigenvalue weighted by Crippen LogP contribution is -2.46. The molecule has 6 nitrogen and oxygen atoms in total. The van der Waals surface area contributed by atoms with E-state index in [1.54, 1.807) is 7.05 Å². The van der Waals surface area contributed by atoms with Crippen molar-refractivity contribution in [3.8, 4) is 6.07 Å². The van der Waals surface area contributed by atoms with Crippen molar-refractivity contribution < 1.29 is 4.79 Å². The first-order valence-corrected chi connectivity index (χ1v) is 7.45. The Kier molecular flexibility index (Phi) is 4.47. The first-order chi connectivity index (χ1) is 9.62. The number of likely N-dealkylation sites (N-methyl/N-ethyl adjacent to an activating group) is 1. The van der Waals surface area contributed by atoms with Crippen LogP contribution in [0.1, 0.15) is 22.2 Å². The molecule has 108 valence electrons. The highest BCUT2D eigenvalue weighted by Crippen LogP contribution is 2.38. The van der Waals surface area contributed by atoms with E-state index in [2.05, 4.69) is 28.1 Å². The Bertz CT molecular complexity index is 540. The van der Waals surface area contributed by atoms with E-state index in [0.717, 1.165) is 37.7 Å². The second kappa shape index (κ2) is 6.11. The predicted molar refractivity (Wildman–Crippen MR) is 81.2 cm³/mol. The lowest BCUT2D eigenvalue weighted by molar-refractivity contribution is 0.0968. The first-order valence-electron chi connectivity index (χ1n) is 6.64. The van der Waals surface area contributed by atoms with Crippen LogP contribution in [0, 0.1) is 11.3 Å². The minimum absolute atomic E-state index is 0.234. The summed E-state index contributed by atoms with van der Waals surface area (Å²) in [5, 5.41) is 12.7. The molecule has 7 heteroatoms. The Morgan fingerprint density at radius 2 is 2.10 bits per heavy atom. The predicted octanol–water partition coefficient (Wildman–Crippen LogP) is 0.703. The number of nitriles is 1. The number of piperazine rings is 1. The highest BCUT2D eigenvalue weighted by atomic mass is 32.1. The van der Waals surface area contributed by atoms with E-state index in [4.69, 9.17) is 5.73 Å². The van der Waals surface area contributed by atoms with Gasteiger partial charge in [0, 0.05) is 33.2 Å². The molecule has 20 heavy (non-hydrogen) atoms. The van der Waals surface area contributed by atoms with Gasteiger partial charge in [0.25, 0.3) is 5.91 Å². The lowest BCUT2D eigenvalue weighted by Gasteiger charge is -2.34. The van der Waals surface area contributed by atoms with Crippen LogP contribution in [0.25, 0.3) is 0 Å². The molecule has 3 N–H and O–H groups in total. The van der Waals surface area contributed by atoms with Gasteiger partial charge in [-0.25, -0.2) is 0 Å². The highest BCUT2D eigenvalue weighted by molar-refractivity contribution is 7.19. The van der Waals surface area contributed by atoms with Crippen LogP contribution < -0.4 is 16.0 Å². The number of carbonyl (C=O) groups is 1. The molecule has 1 fully saturated rings. The van der Waals surface area contributed by atoms with E-state index in [1.165, 1.54) is 11.3 Å². The molecule has 2 rings (SSSR count). The Morgan fingerprint density at radius 1 is 1.45 bits per heavy atom. The largest absolute Gasteiger partial charge is 0.396 e. The molecule has 0 bridgehead atoms. The van der Waals surface area contributed by atoms with Crippen LogP contribution in [-0.2, 0) is 0 Å². The number of amides is 1. The molecule has 0 atom stereocenters. The summed E-state index contributed by atoms with van der Waals surface area (Å²) in [5.41, 5.74) is 6.67. The molecule has 1 saturated heterocycles. The minimum atomic E-state index is -0.234. The van der Waals surface area contributed by atoms with Gasteiger partial charge in [0.2, 0.25) is 0 Å². The Balaban J connectivity index is 2.28. The average molecular weight is 293 g/mol. The molecule has 0 aromatic carbocycles. The Morgan fingerprint density at radius 3 is 2.60 bits per heavy atom. The van der Waals surface area contributed by atoms with Crippen LogP contribution in [0.5, 0.6) is 0 Å². The van der Waals surface area contributed by atoms with Crippen LogP contribution in [0.2, 0.25) is 0 Å². The second-order valence-corrected chi connectivity index (χ2v) is 5.64. The van der Waals surface area contributed by atoms with Crippen LogP contribution in [0.15, 0.2) is 0 Å². The van der Waals surface area contributed by atoms with Crippen molar-refractivity contribution in [1.82, 2.24) is 10.2 Å². The normalized spacial score (nSPS) is 15.9. The fourth-order valence-electron chi connectivity index (χ4n) is 2.31. The van der Waals surface area contributed by atoms with Gasteiger partial charge >= 0.3 is 0 Å². The quantitative estimate of drug-likeness (QED) is 0.857. The number of nitrogens with two attached hydrogens (primary N) is 1. The molecular weight excluding hydrogens is 274 g/mol. The fraction of sp³-hybridized carbons (Fsp3) is 0.538. The maximum absolute atomic E-state index is 11.8. The minimum Gasteiger partial charge on any atom is -0.396 e. The summed E-state index contributed by atoms with van der Waals surface area (Å²) in [6, 6.07) is 2.14. The van der Waals surface area contributed by atoms with Crippen LogP contribution in [0.3, 0.4) is 0 Å². The van der Waals surface area contributed by atoms with E-state index in [1.807, 2.05) is 0 Å². The number of hydrogen-bond donors (Lipinski definition) is 2. The summed E-state index contributed by atoms with van der Waals surface area (Å²) < 4.78 is 0. The number of carbonyl (C=O) groups excluding carboxylic acids is 1. The van der Waals surface area contributed by atoms with Crippen molar-refractivity contribution in [2.75, 3.05) is 50.4 Å². The number of nitrogens with one attached hydrogen (secondary N) is 1. The molecule has 0 radical (unpaired) electrons. The summed E-state index contributed by atoms with van der Waals surface area (Å²) >= 11 is 1.31. The number of hydrogen-bond acceptors (Lipinski definition) is 6. The van der Waals surface area contributed by atoms with Gasteiger partial charge in [-0.15, -0.1) is 11.3 Å². The van der Waals surface area contributed by atoms with E-state index in [9.17, 15) is 10.1 Å².